The second-order valence-corrected chi connectivity index (χ2v) is 5.50. The Bertz CT molecular complexity index is 558. The molecule has 0 aliphatic carbocycles. The third-order valence-corrected chi connectivity index (χ3v) is 4.30. The first-order valence-electron chi connectivity index (χ1n) is 6.11. The number of hydrogen-bond acceptors (Lipinski definition) is 3. The van der Waals surface area contributed by atoms with Crippen LogP contribution in [-0.2, 0) is 6.54 Å². The normalized spacial score (nSPS) is 11.1. The Kier molecular flexibility index (Phi) is 4.78. The van der Waals surface area contributed by atoms with Gasteiger partial charge in [0.25, 0.3) is 0 Å². The van der Waals surface area contributed by atoms with Crippen molar-refractivity contribution < 1.29 is 9.84 Å². The van der Waals surface area contributed by atoms with Gasteiger partial charge in [-0.1, -0.05) is 45.0 Å². The van der Waals surface area contributed by atoms with Crippen molar-refractivity contribution in [1.82, 2.24) is 5.32 Å². The van der Waals surface area contributed by atoms with E-state index in [1.54, 1.807) is 13.2 Å². The number of rotatable bonds is 5. The molecule has 0 aliphatic heterocycles. The van der Waals surface area contributed by atoms with Crippen LogP contribution in [0.3, 0.4) is 0 Å². The van der Waals surface area contributed by atoms with E-state index in [0.29, 0.717) is 14.3 Å². The minimum absolute atomic E-state index is 0.239. The van der Waals surface area contributed by atoms with Crippen LogP contribution in [0.1, 0.15) is 5.56 Å². The van der Waals surface area contributed by atoms with Gasteiger partial charge in [0.1, 0.15) is 0 Å². The Morgan fingerprint density at radius 1 is 1.11 bits per heavy atom. The SMILES string of the molecule is CNCc1ccccc1Pc1cccc(OC)c1O. The summed E-state index contributed by atoms with van der Waals surface area (Å²) in [7, 11) is 3.91. The molecule has 0 fully saturated rings. The summed E-state index contributed by atoms with van der Waals surface area (Å²) < 4.78 is 5.14. The lowest BCUT2D eigenvalue weighted by molar-refractivity contribution is 0.375. The molecule has 0 heterocycles. The summed E-state index contributed by atoms with van der Waals surface area (Å²) in [5, 5.41) is 15.4. The van der Waals surface area contributed by atoms with Crippen LogP contribution >= 0.6 is 8.58 Å². The van der Waals surface area contributed by atoms with Gasteiger partial charge in [-0.3, -0.25) is 0 Å². The molecule has 2 aromatic rings. The lowest BCUT2D eigenvalue weighted by atomic mass is 10.2. The highest BCUT2D eigenvalue weighted by atomic mass is 31.1. The fourth-order valence-corrected chi connectivity index (χ4v) is 3.14. The van der Waals surface area contributed by atoms with Crippen molar-refractivity contribution in [2.24, 2.45) is 0 Å². The van der Waals surface area contributed by atoms with E-state index in [4.69, 9.17) is 4.74 Å². The quantitative estimate of drug-likeness (QED) is 0.817. The topological polar surface area (TPSA) is 41.5 Å². The predicted molar refractivity (Wildman–Crippen MR) is 81.4 cm³/mol. The molecule has 0 amide bonds. The molecule has 1 unspecified atom stereocenters. The molecule has 19 heavy (non-hydrogen) atoms. The Morgan fingerprint density at radius 2 is 1.84 bits per heavy atom. The van der Waals surface area contributed by atoms with Gasteiger partial charge in [0, 0.05) is 11.8 Å². The van der Waals surface area contributed by atoms with Crippen molar-refractivity contribution in [2.45, 2.75) is 6.54 Å². The average Bonchev–Trinajstić information content (AvgIpc) is 2.43. The summed E-state index contributed by atoms with van der Waals surface area (Å²) in [6, 6.07) is 13.9. The maximum atomic E-state index is 10.1. The number of hydrogen-bond donors (Lipinski definition) is 2. The van der Waals surface area contributed by atoms with Gasteiger partial charge in [-0.05, 0) is 24.0 Å². The number of benzene rings is 2. The van der Waals surface area contributed by atoms with E-state index in [-0.39, 0.29) is 5.75 Å². The first kappa shape index (κ1) is 13.9. The van der Waals surface area contributed by atoms with Crippen molar-refractivity contribution in [3.8, 4) is 11.5 Å². The molecule has 0 spiro atoms. The van der Waals surface area contributed by atoms with Gasteiger partial charge in [0.05, 0.1) is 7.11 Å². The third kappa shape index (κ3) is 3.25. The van der Waals surface area contributed by atoms with E-state index in [1.807, 2.05) is 31.3 Å². The van der Waals surface area contributed by atoms with Gasteiger partial charge < -0.3 is 15.2 Å². The molecule has 0 saturated heterocycles. The molecular formula is C15H18NO2P. The predicted octanol–water partition coefficient (Wildman–Crippen LogP) is 1.75. The van der Waals surface area contributed by atoms with Gasteiger partial charge >= 0.3 is 0 Å². The van der Waals surface area contributed by atoms with Crippen LogP contribution in [0.5, 0.6) is 11.5 Å². The standard InChI is InChI=1S/C15H18NO2P/c1-16-10-11-6-3-4-8-13(11)19-14-9-5-7-12(18-2)15(14)17/h3-9,16-17,19H,10H2,1-2H3. The number of nitrogens with one attached hydrogen (secondary N) is 1. The van der Waals surface area contributed by atoms with Crippen molar-refractivity contribution in [3.05, 3.63) is 48.0 Å². The molecule has 3 nitrogen and oxygen atoms in total. The van der Waals surface area contributed by atoms with Crippen LogP contribution in [0.2, 0.25) is 0 Å². The second-order valence-electron chi connectivity index (χ2n) is 4.17. The van der Waals surface area contributed by atoms with Crippen LogP contribution in [0, 0.1) is 0 Å². The summed E-state index contributed by atoms with van der Waals surface area (Å²) in [4.78, 5) is 0. The molecular weight excluding hydrogens is 257 g/mol. The molecule has 0 aliphatic rings. The molecule has 0 saturated carbocycles. The van der Waals surface area contributed by atoms with Crippen LogP contribution < -0.4 is 20.7 Å². The highest BCUT2D eigenvalue weighted by molar-refractivity contribution is 7.55. The summed E-state index contributed by atoms with van der Waals surface area (Å²) in [5.74, 6) is 0.763. The smallest absolute Gasteiger partial charge is 0.165 e. The maximum Gasteiger partial charge on any atom is 0.165 e. The minimum atomic E-state index is 0.239. The first-order valence-corrected chi connectivity index (χ1v) is 7.11. The van der Waals surface area contributed by atoms with E-state index in [0.717, 1.165) is 11.8 Å². The molecule has 1 atom stereocenters. The van der Waals surface area contributed by atoms with Gasteiger partial charge in [-0.2, -0.15) is 0 Å². The average molecular weight is 275 g/mol. The Labute approximate surface area is 115 Å². The fourth-order valence-electron chi connectivity index (χ4n) is 1.92. The van der Waals surface area contributed by atoms with Gasteiger partial charge in [-0.25, -0.2) is 0 Å². The van der Waals surface area contributed by atoms with E-state index >= 15 is 0 Å². The highest BCUT2D eigenvalue weighted by Crippen LogP contribution is 2.28. The number of aromatic hydroxyl groups is 1. The third-order valence-electron chi connectivity index (χ3n) is 2.87. The van der Waals surface area contributed by atoms with Crippen molar-refractivity contribution in [3.63, 3.8) is 0 Å². The van der Waals surface area contributed by atoms with Gasteiger partial charge in [-0.15, -0.1) is 0 Å². The summed E-state index contributed by atoms with van der Waals surface area (Å²) in [6.45, 7) is 0.827. The molecule has 0 bridgehead atoms. The Hall–Kier alpha value is -1.57. The molecule has 100 valence electrons. The number of ether oxygens (including phenoxy) is 1. The molecule has 2 rings (SSSR count). The summed E-state index contributed by atoms with van der Waals surface area (Å²) >= 11 is 0. The van der Waals surface area contributed by atoms with Crippen LogP contribution in [0.25, 0.3) is 0 Å². The number of para-hydroxylation sites is 1. The fraction of sp³-hybridized carbons (Fsp3) is 0.200. The number of methoxy groups -OCH3 is 1. The minimum Gasteiger partial charge on any atom is -0.504 e. The van der Waals surface area contributed by atoms with E-state index in [9.17, 15) is 5.11 Å². The van der Waals surface area contributed by atoms with Crippen molar-refractivity contribution in [1.29, 1.82) is 0 Å². The van der Waals surface area contributed by atoms with Crippen LogP contribution in [-0.4, -0.2) is 19.3 Å². The monoisotopic (exact) mass is 275 g/mol. The lowest BCUT2D eigenvalue weighted by Crippen LogP contribution is -2.15. The maximum absolute atomic E-state index is 10.1. The van der Waals surface area contributed by atoms with Crippen LogP contribution in [0.15, 0.2) is 42.5 Å². The molecule has 2 aromatic carbocycles. The molecule has 2 N–H and O–H groups in total. The Morgan fingerprint density at radius 3 is 2.58 bits per heavy atom. The summed E-state index contributed by atoms with van der Waals surface area (Å²) in [5.41, 5.74) is 1.26. The van der Waals surface area contributed by atoms with E-state index in [2.05, 4.69) is 17.4 Å². The summed E-state index contributed by atoms with van der Waals surface area (Å²) in [6.07, 6.45) is 0. The molecule has 0 radical (unpaired) electrons. The zero-order valence-electron chi connectivity index (χ0n) is 11.1. The van der Waals surface area contributed by atoms with Gasteiger partial charge in [0.15, 0.2) is 11.5 Å². The van der Waals surface area contributed by atoms with E-state index < -0.39 is 0 Å². The zero-order chi connectivity index (χ0) is 13.7. The second kappa shape index (κ2) is 6.55. The van der Waals surface area contributed by atoms with Crippen LogP contribution in [0.4, 0.5) is 0 Å². The van der Waals surface area contributed by atoms with Crippen molar-refractivity contribution in [2.75, 3.05) is 14.2 Å². The lowest BCUT2D eigenvalue weighted by Gasteiger charge is -2.12. The number of phenols is 1. The zero-order valence-corrected chi connectivity index (χ0v) is 12.1. The molecule has 0 aromatic heterocycles. The molecule has 4 heteroatoms. The van der Waals surface area contributed by atoms with Gasteiger partial charge in [0.2, 0.25) is 0 Å². The van der Waals surface area contributed by atoms with Crippen molar-refractivity contribution >= 4 is 19.2 Å². The largest absolute Gasteiger partial charge is 0.504 e. The first-order chi connectivity index (χ1) is 9.26. The highest BCUT2D eigenvalue weighted by Gasteiger charge is 2.09. The number of phenolic OH excluding ortho intramolecular Hbond substituents is 1. The Balaban J connectivity index is 2.31. The van der Waals surface area contributed by atoms with E-state index in [1.165, 1.54) is 10.9 Å².